The molecule has 0 aromatic carbocycles. The van der Waals surface area contributed by atoms with E-state index in [0.717, 1.165) is 6.42 Å². The second kappa shape index (κ2) is 6.62. The Labute approximate surface area is 127 Å². The largest absolute Gasteiger partial charge is 0.371 e. The number of sulfonamides is 1. The van der Waals surface area contributed by atoms with E-state index in [0.29, 0.717) is 25.9 Å². The normalized spacial score (nSPS) is 29.8. The summed E-state index contributed by atoms with van der Waals surface area (Å²) >= 11 is 0. The van der Waals surface area contributed by atoms with Crippen molar-refractivity contribution >= 4 is 15.9 Å². The van der Waals surface area contributed by atoms with Crippen LogP contribution in [0.2, 0.25) is 0 Å². The van der Waals surface area contributed by atoms with Crippen LogP contribution in [0.4, 0.5) is 0 Å². The third kappa shape index (κ3) is 3.96. The van der Waals surface area contributed by atoms with E-state index in [1.807, 2.05) is 20.8 Å². The summed E-state index contributed by atoms with van der Waals surface area (Å²) in [4.78, 5) is 12.2. The summed E-state index contributed by atoms with van der Waals surface area (Å²) in [7, 11) is -3.22. The smallest absolute Gasteiger partial charge is 0.226 e. The van der Waals surface area contributed by atoms with Gasteiger partial charge in [-0.2, -0.15) is 4.31 Å². The number of amides is 1. The minimum absolute atomic E-state index is 0.0229. The third-order valence-electron chi connectivity index (χ3n) is 4.04. The average Bonchev–Trinajstić information content (AvgIpc) is 2.70. The van der Waals surface area contributed by atoms with Crippen molar-refractivity contribution in [3.05, 3.63) is 0 Å². The zero-order valence-electron chi connectivity index (χ0n) is 13.0. The van der Waals surface area contributed by atoms with Gasteiger partial charge in [0.05, 0.1) is 23.9 Å². The molecule has 0 aromatic rings. The molecule has 0 radical (unpaired) electrons. The summed E-state index contributed by atoms with van der Waals surface area (Å²) in [5, 5.41) is 2.90. The fourth-order valence-electron chi connectivity index (χ4n) is 2.97. The Morgan fingerprint density at radius 2 is 2.10 bits per heavy atom. The summed E-state index contributed by atoms with van der Waals surface area (Å²) in [6.07, 6.45) is 1.69. The second-order valence-corrected chi connectivity index (χ2v) is 8.38. The van der Waals surface area contributed by atoms with Crippen LogP contribution < -0.4 is 5.32 Å². The Morgan fingerprint density at radius 3 is 2.71 bits per heavy atom. The molecular weight excluding hydrogens is 292 g/mol. The van der Waals surface area contributed by atoms with E-state index in [-0.39, 0.29) is 35.8 Å². The number of hydrogen-bond donors (Lipinski definition) is 1. The molecule has 1 N–H and O–H groups in total. The number of morpholine rings is 1. The number of hydrogen-bond acceptors (Lipinski definition) is 4. The van der Waals surface area contributed by atoms with Crippen molar-refractivity contribution < 1.29 is 17.9 Å². The highest BCUT2D eigenvalue weighted by Gasteiger charge is 2.47. The maximum absolute atomic E-state index is 12.3. The Bertz CT molecular complexity index is 477. The van der Waals surface area contributed by atoms with Crippen molar-refractivity contribution in [1.29, 1.82) is 0 Å². The molecule has 0 aromatic heterocycles. The molecule has 2 saturated heterocycles. The van der Waals surface area contributed by atoms with Gasteiger partial charge in [0.2, 0.25) is 15.9 Å². The number of rotatable bonds is 6. The SMILES string of the molecule is CCCCS(=O)(=O)N1C[C@H]2C[C@H](C(=O)NC(C)C)[C@@H](C1)O2. The van der Waals surface area contributed by atoms with Crippen LogP contribution in [0, 0.1) is 5.92 Å². The predicted molar refractivity (Wildman–Crippen MR) is 80.3 cm³/mol. The van der Waals surface area contributed by atoms with Crippen LogP contribution >= 0.6 is 0 Å². The number of unbranched alkanes of at least 4 members (excludes halogenated alkanes) is 1. The van der Waals surface area contributed by atoms with Gasteiger partial charge in [-0.05, 0) is 26.7 Å². The Morgan fingerprint density at radius 1 is 1.38 bits per heavy atom. The Balaban J connectivity index is 2.01. The molecule has 0 saturated carbocycles. The molecule has 2 bridgehead atoms. The van der Waals surface area contributed by atoms with Gasteiger partial charge >= 0.3 is 0 Å². The highest BCUT2D eigenvalue weighted by Crippen LogP contribution is 2.33. The first-order valence-corrected chi connectivity index (χ1v) is 9.38. The lowest BCUT2D eigenvalue weighted by molar-refractivity contribution is -0.127. The van der Waals surface area contributed by atoms with E-state index >= 15 is 0 Å². The zero-order valence-corrected chi connectivity index (χ0v) is 13.9. The first-order valence-electron chi connectivity index (χ1n) is 7.77. The number of fused-ring (bicyclic) bond motifs is 2. The number of carbonyl (C=O) groups is 1. The maximum atomic E-state index is 12.3. The van der Waals surface area contributed by atoms with Crippen LogP contribution in [0.15, 0.2) is 0 Å². The summed E-state index contributed by atoms with van der Waals surface area (Å²) in [6, 6.07) is 0.0855. The second-order valence-electron chi connectivity index (χ2n) is 6.29. The molecular formula is C14H26N2O4S. The number of ether oxygens (including phenoxy) is 1. The zero-order chi connectivity index (χ0) is 15.6. The molecule has 7 heteroatoms. The predicted octanol–water partition coefficient (Wildman–Crippen LogP) is 0.730. The lowest BCUT2D eigenvalue weighted by atomic mass is 9.99. The van der Waals surface area contributed by atoms with E-state index in [1.54, 1.807) is 0 Å². The lowest BCUT2D eigenvalue weighted by Crippen LogP contribution is -2.48. The topological polar surface area (TPSA) is 75.7 Å². The van der Waals surface area contributed by atoms with E-state index in [1.165, 1.54) is 4.31 Å². The number of nitrogens with zero attached hydrogens (tertiary/aromatic N) is 1. The van der Waals surface area contributed by atoms with Gasteiger partial charge in [0, 0.05) is 19.1 Å². The fraction of sp³-hybridized carbons (Fsp3) is 0.929. The molecule has 1 amide bonds. The van der Waals surface area contributed by atoms with Crippen LogP contribution in [0.5, 0.6) is 0 Å². The highest BCUT2D eigenvalue weighted by molar-refractivity contribution is 7.89. The minimum Gasteiger partial charge on any atom is -0.371 e. The van der Waals surface area contributed by atoms with Crippen LogP contribution in [0.25, 0.3) is 0 Å². The third-order valence-corrected chi connectivity index (χ3v) is 5.93. The fourth-order valence-corrected chi connectivity index (χ4v) is 4.65. The molecule has 21 heavy (non-hydrogen) atoms. The van der Waals surface area contributed by atoms with Crippen LogP contribution in [-0.4, -0.2) is 55.7 Å². The van der Waals surface area contributed by atoms with Crippen molar-refractivity contribution in [2.45, 2.75) is 58.3 Å². The minimum atomic E-state index is -3.22. The van der Waals surface area contributed by atoms with E-state index in [4.69, 9.17) is 4.74 Å². The molecule has 0 spiro atoms. The Kier molecular flexibility index (Phi) is 5.27. The standard InChI is InChI=1S/C14H26N2O4S/c1-4-5-6-21(18,19)16-8-11-7-12(13(9-16)20-11)14(17)15-10(2)3/h10-13H,4-9H2,1-3H3,(H,15,17)/t11-,12+,13-/m1/s1. The van der Waals surface area contributed by atoms with Gasteiger partial charge in [-0.1, -0.05) is 13.3 Å². The molecule has 2 heterocycles. The maximum Gasteiger partial charge on any atom is 0.226 e. The van der Waals surface area contributed by atoms with Gasteiger partial charge in [-0.15, -0.1) is 0 Å². The van der Waals surface area contributed by atoms with Crippen LogP contribution in [0.1, 0.15) is 40.0 Å². The first-order chi connectivity index (χ1) is 9.83. The van der Waals surface area contributed by atoms with E-state index < -0.39 is 10.0 Å². The molecule has 2 aliphatic rings. The molecule has 6 nitrogen and oxygen atoms in total. The summed E-state index contributed by atoms with van der Waals surface area (Å²) in [6.45, 7) is 6.50. The summed E-state index contributed by atoms with van der Waals surface area (Å²) in [5.74, 6) is -0.0692. The number of carbonyl (C=O) groups excluding carboxylic acids is 1. The van der Waals surface area contributed by atoms with Crippen LogP contribution in [-0.2, 0) is 19.6 Å². The molecule has 0 unspecified atom stereocenters. The van der Waals surface area contributed by atoms with Gasteiger partial charge in [0.15, 0.2) is 0 Å². The van der Waals surface area contributed by atoms with Crippen molar-refractivity contribution in [1.82, 2.24) is 9.62 Å². The van der Waals surface area contributed by atoms with Gasteiger partial charge in [0.1, 0.15) is 0 Å². The molecule has 2 fully saturated rings. The van der Waals surface area contributed by atoms with Crippen molar-refractivity contribution in [2.75, 3.05) is 18.8 Å². The van der Waals surface area contributed by atoms with Gasteiger partial charge in [-0.3, -0.25) is 4.79 Å². The first kappa shape index (κ1) is 16.7. The van der Waals surface area contributed by atoms with Gasteiger partial charge < -0.3 is 10.1 Å². The quantitative estimate of drug-likeness (QED) is 0.783. The van der Waals surface area contributed by atoms with Crippen molar-refractivity contribution in [2.24, 2.45) is 5.92 Å². The number of nitrogens with one attached hydrogen (secondary N) is 1. The molecule has 2 rings (SSSR count). The molecule has 2 aliphatic heterocycles. The average molecular weight is 318 g/mol. The lowest BCUT2D eigenvalue weighted by Gasteiger charge is -2.32. The molecule has 0 aliphatic carbocycles. The van der Waals surface area contributed by atoms with Gasteiger partial charge in [-0.25, -0.2) is 8.42 Å². The van der Waals surface area contributed by atoms with Crippen molar-refractivity contribution in [3.63, 3.8) is 0 Å². The highest BCUT2D eigenvalue weighted by atomic mass is 32.2. The van der Waals surface area contributed by atoms with E-state index in [2.05, 4.69) is 5.32 Å². The van der Waals surface area contributed by atoms with Crippen molar-refractivity contribution in [3.8, 4) is 0 Å². The Hall–Kier alpha value is -0.660. The van der Waals surface area contributed by atoms with E-state index in [9.17, 15) is 13.2 Å². The molecule has 3 atom stereocenters. The summed E-state index contributed by atoms with van der Waals surface area (Å²) < 4.78 is 31.9. The summed E-state index contributed by atoms with van der Waals surface area (Å²) in [5.41, 5.74) is 0. The monoisotopic (exact) mass is 318 g/mol. The molecule has 122 valence electrons. The van der Waals surface area contributed by atoms with Gasteiger partial charge in [0.25, 0.3) is 0 Å². The van der Waals surface area contributed by atoms with Crippen LogP contribution in [0.3, 0.4) is 0 Å².